The highest BCUT2D eigenvalue weighted by atomic mass is 35.5. The van der Waals surface area contributed by atoms with Gasteiger partial charge >= 0.3 is 0 Å². The van der Waals surface area contributed by atoms with Crippen LogP contribution in [0.4, 0.5) is 11.5 Å². The Balaban J connectivity index is 2.19. The molecule has 6 nitrogen and oxygen atoms in total. The van der Waals surface area contributed by atoms with E-state index in [1.54, 1.807) is 18.3 Å². The van der Waals surface area contributed by atoms with Crippen LogP contribution in [-0.2, 0) is 10.0 Å². The van der Waals surface area contributed by atoms with E-state index >= 15 is 0 Å². The fourth-order valence-electron chi connectivity index (χ4n) is 2.22. The normalized spacial score (nSPS) is 11.8. The second kappa shape index (κ2) is 5.26. The molecule has 0 aliphatic carbocycles. The number of aryl methyl sites for hydroxylation is 1. The maximum atomic E-state index is 11.9. The van der Waals surface area contributed by atoms with Crippen molar-refractivity contribution in [2.45, 2.75) is 6.92 Å². The van der Waals surface area contributed by atoms with E-state index in [0.29, 0.717) is 17.0 Å². The van der Waals surface area contributed by atoms with Gasteiger partial charge in [0.25, 0.3) is 0 Å². The summed E-state index contributed by atoms with van der Waals surface area (Å²) in [5, 5.41) is 4.07. The fourth-order valence-corrected chi connectivity index (χ4v) is 3.17. The molecule has 3 rings (SSSR count). The van der Waals surface area contributed by atoms with Gasteiger partial charge in [-0.3, -0.25) is 0 Å². The maximum absolute atomic E-state index is 11.9. The lowest BCUT2D eigenvalue weighted by Crippen LogP contribution is -2.09. The highest BCUT2D eigenvalue weighted by molar-refractivity contribution is 7.89. The van der Waals surface area contributed by atoms with Gasteiger partial charge in [-0.05, 0) is 30.7 Å². The number of aromatic nitrogens is 3. The summed E-state index contributed by atoms with van der Waals surface area (Å²) in [4.78, 5) is 8.04. The zero-order chi connectivity index (χ0) is 15.9. The third-order valence-corrected chi connectivity index (χ3v) is 4.43. The molecule has 1 aromatic carbocycles. The van der Waals surface area contributed by atoms with E-state index < -0.39 is 10.0 Å². The molecule has 3 aromatic rings. The second-order valence-electron chi connectivity index (χ2n) is 4.91. The van der Waals surface area contributed by atoms with E-state index in [-0.39, 0.29) is 5.28 Å². The predicted molar refractivity (Wildman–Crippen MR) is 87.2 cm³/mol. The van der Waals surface area contributed by atoms with Gasteiger partial charge in [-0.15, -0.1) is 0 Å². The molecule has 0 bridgehead atoms. The number of halogens is 1. The van der Waals surface area contributed by atoms with Crippen LogP contribution in [0.2, 0.25) is 5.28 Å². The van der Waals surface area contributed by atoms with Crippen molar-refractivity contribution in [3.63, 3.8) is 0 Å². The number of hydrogen-bond donors (Lipinski definition) is 1. The van der Waals surface area contributed by atoms with Gasteiger partial charge in [-0.1, -0.05) is 12.1 Å². The first-order valence-electron chi connectivity index (χ1n) is 6.43. The maximum Gasteiger partial charge on any atom is 0.236 e. The van der Waals surface area contributed by atoms with Crippen LogP contribution in [0, 0.1) is 6.92 Å². The van der Waals surface area contributed by atoms with E-state index in [2.05, 4.69) is 15.3 Å². The van der Waals surface area contributed by atoms with E-state index in [1.165, 1.54) is 10.2 Å². The van der Waals surface area contributed by atoms with E-state index in [0.717, 1.165) is 17.2 Å². The summed E-state index contributed by atoms with van der Waals surface area (Å²) in [5.74, 6) is 0.536. The molecule has 0 fully saturated rings. The number of hydrogen-bond acceptors (Lipinski definition) is 5. The van der Waals surface area contributed by atoms with Gasteiger partial charge < -0.3 is 5.32 Å². The Morgan fingerprint density at radius 3 is 2.77 bits per heavy atom. The Hall–Kier alpha value is -2.12. The zero-order valence-corrected chi connectivity index (χ0v) is 13.5. The molecule has 0 unspecified atom stereocenters. The van der Waals surface area contributed by atoms with Crippen molar-refractivity contribution < 1.29 is 8.42 Å². The van der Waals surface area contributed by atoms with Crippen LogP contribution in [0.5, 0.6) is 0 Å². The number of fused-ring (bicyclic) bond motifs is 1. The van der Waals surface area contributed by atoms with Crippen molar-refractivity contribution >= 4 is 44.0 Å². The molecule has 0 aliphatic heterocycles. The summed E-state index contributed by atoms with van der Waals surface area (Å²) in [6.45, 7) is 1.84. The summed E-state index contributed by atoms with van der Waals surface area (Å²) in [6.07, 6.45) is 4.30. The van der Waals surface area contributed by atoms with Crippen LogP contribution >= 0.6 is 11.6 Å². The summed E-state index contributed by atoms with van der Waals surface area (Å²) < 4.78 is 25.1. The smallest absolute Gasteiger partial charge is 0.236 e. The average molecular weight is 337 g/mol. The monoisotopic (exact) mass is 336 g/mol. The van der Waals surface area contributed by atoms with Crippen LogP contribution in [-0.4, -0.2) is 28.6 Å². The third kappa shape index (κ3) is 2.65. The molecular weight excluding hydrogens is 324 g/mol. The molecule has 0 radical (unpaired) electrons. The molecule has 0 amide bonds. The highest BCUT2D eigenvalue weighted by Gasteiger charge is 2.14. The molecule has 0 spiro atoms. The standard InChI is InChI=1S/C14H13ClN4O2S/c1-9-8-16-14(15)18-13(9)17-11-5-3-4-10-6-7-19(12(10)11)22(2,20)21/h3-8H,1-2H3,(H,16,17,18). The van der Waals surface area contributed by atoms with Crippen molar-refractivity contribution in [1.29, 1.82) is 0 Å². The molecule has 0 aliphatic rings. The molecule has 2 heterocycles. The topological polar surface area (TPSA) is 76.9 Å². The Labute approximate surface area is 132 Å². The van der Waals surface area contributed by atoms with E-state index in [4.69, 9.17) is 11.6 Å². The Bertz CT molecular complexity index is 966. The van der Waals surface area contributed by atoms with Gasteiger partial charge in [-0.25, -0.2) is 22.4 Å². The molecule has 0 saturated carbocycles. The number of para-hydroxylation sites is 1. The quantitative estimate of drug-likeness (QED) is 0.744. The van der Waals surface area contributed by atoms with Crippen molar-refractivity contribution in [3.05, 3.63) is 47.5 Å². The van der Waals surface area contributed by atoms with E-state index in [1.807, 2.05) is 19.1 Å². The minimum Gasteiger partial charge on any atom is -0.338 e. The number of nitrogens with zero attached hydrogens (tertiary/aromatic N) is 3. The Kier molecular flexibility index (Phi) is 3.54. The molecule has 114 valence electrons. The first-order valence-corrected chi connectivity index (χ1v) is 8.65. The van der Waals surface area contributed by atoms with Crippen LogP contribution in [0.1, 0.15) is 5.56 Å². The second-order valence-corrected chi connectivity index (χ2v) is 7.11. The van der Waals surface area contributed by atoms with E-state index in [9.17, 15) is 8.42 Å². The van der Waals surface area contributed by atoms with Gasteiger partial charge in [0.15, 0.2) is 0 Å². The largest absolute Gasteiger partial charge is 0.338 e. The first-order chi connectivity index (χ1) is 10.4. The third-order valence-electron chi connectivity index (χ3n) is 3.23. The lowest BCUT2D eigenvalue weighted by atomic mass is 10.2. The van der Waals surface area contributed by atoms with Crippen LogP contribution < -0.4 is 5.32 Å². The molecule has 22 heavy (non-hydrogen) atoms. The van der Waals surface area contributed by atoms with Gasteiger partial charge in [0.05, 0.1) is 17.5 Å². The average Bonchev–Trinajstić information content (AvgIpc) is 2.88. The summed E-state index contributed by atoms with van der Waals surface area (Å²) in [6, 6.07) is 7.23. The van der Waals surface area contributed by atoms with Crippen molar-refractivity contribution in [3.8, 4) is 0 Å². The lowest BCUT2D eigenvalue weighted by molar-refractivity contribution is 0.595. The number of anilines is 2. The van der Waals surface area contributed by atoms with Gasteiger partial charge in [-0.2, -0.15) is 0 Å². The number of rotatable bonds is 3. The van der Waals surface area contributed by atoms with Gasteiger partial charge in [0.2, 0.25) is 15.3 Å². The molecule has 0 saturated heterocycles. The SMILES string of the molecule is Cc1cnc(Cl)nc1Nc1cccc2ccn(S(C)(=O)=O)c12. The molecule has 8 heteroatoms. The molecule has 1 N–H and O–H groups in total. The first kappa shape index (κ1) is 14.8. The zero-order valence-electron chi connectivity index (χ0n) is 11.9. The van der Waals surface area contributed by atoms with Crippen LogP contribution in [0.25, 0.3) is 10.9 Å². The Morgan fingerprint density at radius 2 is 2.05 bits per heavy atom. The highest BCUT2D eigenvalue weighted by Crippen LogP contribution is 2.29. The van der Waals surface area contributed by atoms with Gasteiger partial charge in [0.1, 0.15) is 5.82 Å². The predicted octanol–water partition coefficient (Wildman–Crippen LogP) is 2.94. The molecule has 0 atom stereocenters. The fraction of sp³-hybridized carbons (Fsp3) is 0.143. The number of nitrogens with one attached hydrogen (secondary N) is 1. The summed E-state index contributed by atoms with van der Waals surface area (Å²) in [7, 11) is -3.40. The molecular formula is C14H13ClN4O2S. The van der Waals surface area contributed by atoms with Crippen molar-refractivity contribution in [1.82, 2.24) is 13.9 Å². The van der Waals surface area contributed by atoms with Crippen LogP contribution in [0.3, 0.4) is 0 Å². The Morgan fingerprint density at radius 1 is 1.27 bits per heavy atom. The number of benzene rings is 1. The minimum absolute atomic E-state index is 0.124. The van der Waals surface area contributed by atoms with Crippen molar-refractivity contribution in [2.24, 2.45) is 0 Å². The van der Waals surface area contributed by atoms with Crippen LogP contribution in [0.15, 0.2) is 36.7 Å². The van der Waals surface area contributed by atoms with Crippen molar-refractivity contribution in [2.75, 3.05) is 11.6 Å². The molecule has 2 aromatic heterocycles. The lowest BCUT2D eigenvalue weighted by Gasteiger charge is -2.12. The van der Waals surface area contributed by atoms with Gasteiger partial charge in [0, 0.05) is 23.3 Å². The summed E-state index contributed by atoms with van der Waals surface area (Å²) in [5.41, 5.74) is 2.00. The minimum atomic E-state index is -3.40. The summed E-state index contributed by atoms with van der Waals surface area (Å²) >= 11 is 5.82.